The summed E-state index contributed by atoms with van der Waals surface area (Å²) in [4.78, 5) is 23.4. The Morgan fingerprint density at radius 1 is 1.32 bits per heavy atom. The van der Waals surface area contributed by atoms with Crippen LogP contribution >= 0.6 is 0 Å². The highest BCUT2D eigenvalue weighted by Gasteiger charge is 2.19. The molecular weight excluding hydrogens is 246 g/mol. The van der Waals surface area contributed by atoms with E-state index in [1.165, 1.54) is 13.2 Å². The molecule has 104 valence electrons. The van der Waals surface area contributed by atoms with E-state index in [9.17, 15) is 14.7 Å². The van der Waals surface area contributed by atoms with Crippen molar-refractivity contribution in [1.82, 2.24) is 0 Å². The number of carbonyl (C=O) groups is 2. The Bertz CT molecular complexity index is 467. The lowest BCUT2D eigenvalue weighted by molar-refractivity contribution is -0.120. The van der Waals surface area contributed by atoms with Crippen molar-refractivity contribution in [3.05, 3.63) is 23.8 Å². The van der Waals surface area contributed by atoms with E-state index in [1.807, 2.05) is 13.8 Å². The Morgan fingerprint density at radius 2 is 1.95 bits per heavy atom. The standard InChI is InChI=1S/C14H19NO4/c1-4-9(5-2)13(17)15-11-8-6-7-10(12(11)16)14(18)19-3/h6-9,16H,4-5H2,1-3H3,(H,15,17). The zero-order valence-electron chi connectivity index (χ0n) is 11.4. The number of amides is 1. The predicted molar refractivity (Wildman–Crippen MR) is 72.1 cm³/mol. The first-order valence-electron chi connectivity index (χ1n) is 6.26. The third kappa shape index (κ3) is 3.47. The number of methoxy groups -OCH3 is 1. The fraction of sp³-hybridized carbons (Fsp3) is 0.429. The maximum Gasteiger partial charge on any atom is 0.341 e. The SMILES string of the molecule is CCC(CC)C(=O)Nc1cccc(C(=O)OC)c1O. The van der Waals surface area contributed by atoms with Crippen molar-refractivity contribution >= 4 is 17.6 Å². The number of anilines is 1. The molecule has 0 aliphatic heterocycles. The van der Waals surface area contributed by atoms with Gasteiger partial charge in [0, 0.05) is 5.92 Å². The van der Waals surface area contributed by atoms with Crippen molar-refractivity contribution in [3.8, 4) is 5.75 Å². The number of rotatable bonds is 5. The molecule has 19 heavy (non-hydrogen) atoms. The summed E-state index contributed by atoms with van der Waals surface area (Å²) in [7, 11) is 1.23. The van der Waals surface area contributed by atoms with E-state index in [0.29, 0.717) is 0 Å². The van der Waals surface area contributed by atoms with Gasteiger partial charge in [-0.15, -0.1) is 0 Å². The number of phenolic OH excluding ortho intramolecular Hbond substituents is 1. The molecule has 0 spiro atoms. The molecule has 0 saturated carbocycles. The zero-order chi connectivity index (χ0) is 14.4. The minimum absolute atomic E-state index is 0.0323. The fourth-order valence-corrected chi connectivity index (χ4v) is 1.81. The van der Waals surface area contributed by atoms with Gasteiger partial charge >= 0.3 is 5.97 Å². The minimum Gasteiger partial charge on any atom is -0.505 e. The maximum atomic E-state index is 11.9. The number of para-hydroxylation sites is 1. The number of esters is 1. The smallest absolute Gasteiger partial charge is 0.341 e. The second kappa shape index (κ2) is 6.78. The van der Waals surface area contributed by atoms with Crippen LogP contribution in [0.5, 0.6) is 5.75 Å². The second-order valence-electron chi connectivity index (χ2n) is 4.20. The Hall–Kier alpha value is -2.04. The number of benzene rings is 1. The Morgan fingerprint density at radius 3 is 2.47 bits per heavy atom. The normalized spacial score (nSPS) is 10.3. The van der Waals surface area contributed by atoms with Gasteiger partial charge in [-0.25, -0.2) is 4.79 Å². The van der Waals surface area contributed by atoms with Crippen LogP contribution in [0.4, 0.5) is 5.69 Å². The molecule has 1 aromatic carbocycles. The number of carbonyl (C=O) groups excluding carboxylic acids is 2. The van der Waals surface area contributed by atoms with Crippen molar-refractivity contribution in [2.75, 3.05) is 12.4 Å². The van der Waals surface area contributed by atoms with Crippen LogP contribution in [-0.2, 0) is 9.53 Å². The van der Waals surface area contributed by atoms with Crippen molar-refractivity contribution in [2.24, 2.45) is 5.92 Å². The van der Waals surface area contributed by atoms with E-state index < -0.39 is 5.97 Å². The third-order valence-electron chi connectivity index (χ3n) is 3.06. The average Bonchev–Trinajstić information content (AvgIpc) is 2.41. The summed E-state index contributed by atoms with van der Waals surface area (Å²) >= 11 is 0. The largest absolute Gasteiger partial charge is 0.505 e. The number of nitrogens with one attached hydrogen (secondary N) is 1. The quantitative estimate of drug-likeness (QED) is 0.633. The van der Waals surface area contributed by atoms with Crippen molar-refractivity contribution in [3.63, 3.8) is 0 Å². The predicted octanol–water partition coefficient (Wildman–Crippen LogP) is 2.55. The maximum absolute atomic E-state index is 11.9. The molecule has 1 rings (SSSR count). The molecule has 5 nitrogen and oxygen atoms in total. The number of hydrogen-bond acceptors (Lipinski definition) is 4. The Kier molecular flexibility index (Phi) is 5.36. The van der Waals surface area contributed by atoms with E-state index in [-0.39, 0.29) is 28.8 Å². The molecule has 0 radical (unpaired) electrons. The lowest BCUT2D eigenvalue weighted by Gasteiger charge is -2.14. The van der Waals surface area contributed by atoms with E-state index in [2.05, 4.69) is 10.1 Å². The molecular formula is C14H19NO4. The van der Waals surface area contributed by atoms with Gasteiger partial charge in [0.15, 0.2) is 5.75 Å². The van der Waals surface area contributed by atoms with E-state index in [4.69, 9.17) is 0 Å². The van der Waals surface area contributed by atoms with Crippen LogP contribution < -0.4 is 5.32 Å². The zero-order valence-corrected chi connectivity index (χ0v) is 11.4. The molecule has 0 bridgehead atoms. The molecule has 0 unspecified atom stereocenters. The lowest BCUT2D eigenvalue weighted by Crippen LogP contribution is -2.21. The summed E-state index contributed by atoms with van der Waals surface area (Å²) in [5, 5.41) is 12.6. The highest BCUT2D eigenvalue weighted by molar-refractivity contribution is 5.99. The molecule has 5 heteroatoms. The van der Waals surface area contributed by atoms with Crippen molar-refractivity contribution < 1.29 is 19.4 Å². The number of phenols is 1. The summed E-state index contributed by atoms with van der Waals surface area (Å²) in [6, 6.07) is 4.56. The van der Waals surface area contributed by atoms with Gasteiger partial charge in [0.25, 0.3) is 0 Å². The van der Waals surface area contributed by atoms with Crippen LogP contribution in [-0.4, -0.2) is 24.1 Å². The monoisotopic (exact) mass is 265 g/mol. The molecule has 0 heterocycles. The minimum atomic E-state index is -0.642. The Balaban J connectivity index is 2.96. The number of aromatic hydroxyl groups is 1. The van der Waals surface area contributed by atoms with Crippen molar-refractivity contribution in [1.29, 1.82) is 0 Å². The summed E-state index contributed by atoms with van der Waals surface area (Å²) < 4.78 is 4.56. The summed E-state index contributed by atoms with van der Waals surface area (Å²) in [5.41, 5.74) is 0.254. The summed E-state index contributed by atoms with van der Waals surface area (Å²) in [6.45, 7) is 3.86. The molecule has 2 N–H and O–H groups in total. The van der Waals surface area contributed by atoms with Crippen molar-refractivity contribution in [2.45, 2.75) is 26.7 Å². The number of ether oxygens (including phenoxy) is 1. The summed E-state index contributed by atoms with van der Waals surface area (Å²) in [5.74, 6) is -1.19. The van der Waals surface area contributed by atoms with Crippen LogP contribution in [0.15, 0.2) is 18.2 Å². The fourth-order valence-electron chi connectivity index (χ4n) is 1.81. The van der Waals surface area contributed by atoms with Crippen LogP contribution in [0.2, 0.25) is 0 Å². The lowest BCUT2D eigenvalue weighted by atomic mass is 10.0. The molecule has 0 saturated heterocycles. The first-order chi connectivity index (χ1) is 9.04. The number of hydrogen-bond donors (Lipinski definition) is 2. The van der Waals surface area contributed by atoms with Crippen LogP contribution in [0, 0.1) is 5.92 Å². The second-order valence-corrected chi connectivity index (χ2v) is 4.20. The molecule has 0 aliphatic rings. The highest BCUT2D eigenvalue weighted by Crippen LogP contribution is 2.28. The molecule has 0 fully saturated rings. The first-order valence-corrected chi connectivity index (χ1v) is 6.26. The van der Waals surface area contributed by atoms with Crippen LogP contribution in [0.25, 0.3) is 0 Å². The van der Waals surface area contributed by atoms with Gasteiger partial charge in [-0.3, -0.25) is 4.79 Å². The van der Waals surface area contributed by atoms with Gasteiger partial charge in [0.2, 0.25) is 5.91 Å². The van der Waals surface area contributed by atoms with Gasteiger partial charge in [0.05, 0.1) is 12.8 Å². The van der Waals surface area contributed by atoms with Gasteiger partial charge in [0.1, 0.15) is 5.56 Å². The topological polar surface area (TPSA) is 75.6 Å². The molecule has 0 aromatic heterocycles. The van der Waals surface area contributed by atoms with E-state index in [0.717, 1.165) is 12.8 Å². The molecule has 1 aromatic rings. The van der Waals surface area contributed by atoms with Gasteiger partial charge in [-0.1, -0.05) is 19.9 Å². The third-order valence-corrected chi connectivity index (χ3v) is 3.06. The van der Waals surface area contributed by atoms with E-state index in [1.54, 1.807) is 12.1 Å². The highest BCUT2D eigenvalue weighted by atomic mass is 16.5. The van der Waals surface area contributed by atoms with E-state index >= 15 is 0 Å². The van der Waals surface area contributed by atoms with Gasteiger partial charge in [-0.2, -0.15) is 0 Å². The van der Waals surface area contributed by atoms with Gasteiger partial charge in [-0.05, 0) is 25.0 Å². The molecule has 0 aliphatic carbocycles. The Labute approximate surface area is 112 Å². The average molecular weight is 265 g/mol. The summed E-state index contributed by atoms with van der Waals surface area (Å²) in [6.07, 6.45) is 1.44. The molecule has 0 atom stereocenters. The van der Waals surface area contributed by atoms with Crippen LogP contribution in [0.3, 0.4) is 0 Å². The van der Waals surface area contributed by atoms with Gasteiger partial charge < -0.3 is 15.2 Å². The first kappa shape index (κ1) is 15.0. The molecule has 1 amide bonds. The van der Waals surface area contributed by atoms with Crippen LogP contribution in [0.1, 0.15) is 37.0 Å².